The van der Waals surface area contributed by atoms with Crippen LogP contribution in [0.1, 0.15) is 29.5 Å². The zero-order valence-corrected chi connectivity index (χ0v) is 8.46. The Morgan fingerprint density at radius 3 is 2.15 bits per heavy atom. The first-order chi connectivity index (χ1) is 6.06. The molecule has 3 N–H and O–H groups in total. The molecule has 0 amide bonds. The van der Waals surface area contributed by atoms with E-state index in [4.69, 9.17) is 5.73 Å². The molecule has 0 heterocycles. The van der Waals surface area contributed by atoms with Gasteiger partial charge in [-0.1, -0.05) is 19.1 Å². The number of benzene rings is 1. The summed E-state index contributed by atoms with van der Waals surface area (Å²) < 4.78 is 0. The topological polar surface area (TPSA) is 46.2 Å². The fourth-order valence-corrected chi connectivity index (χ4v) is 1.41. The highest BCUT2D eigenvalue weighted by molar-refractivity contribution is 5.43. The van der Waals surface area contributed by atoms with Crippen molar-refractivity contribution >= 4 is 0 Å². The van der Waals surface area contributed by atoms with E-state index in [0.29, 0.717) is 18.2 Å². The Morgan fingerprint density at radius 1 is 1.31 bits per heavy atom. The second-order valence-corrected chi connectivity index (χ2v) is 3.64. The second kappa shape index (κ2) is 3.79. The van der Waals surface area contributed by atoms with E-state index >= 15 is 0 Å². The van der Waals surface area contributed by atoms with Gasteiger partial charge < -0.3 is 10.8 Å². The molecule has 0 aliphatic heterocycles. The van der Waals surface area contributed by atoms with Crippen molar-refractivity contribution in [3.05, 3.63) is 28.8 Å². The maximum Gasteiger partial charge on any atom is 0.121 e. The number of aryl methyl sites for hydroxylation is 2. The van der Waals surface area contributed by atoms with Crippen molar-refractivity contribution in [3.63, 3.8) is 0 Å². The van der Waals surface area contributed by atoms with E-state index in [-0.39, 0.29) is 0 Å². The van der Waals surface area contributed by atoms with Gasteiger partial charge in [0.1, 0.15) is 5.75 Å². The first-order valence-electron chi connectivity index (χ1n) is 4.56. The minimum Gasteiger partial charge on any atom is -0.507 e. The van der Waals surface area contributed by atoms with Crippen molar-refractivity contribution < 1.29 is 5.11 Å². The lowest BCUT2D eigenvalue weighted by Gasteiger charge is -2.12. The maximum absolute atomic E-state index is 9.55. The van der Waals surface area contributed by atoms with Gasteiger partial charge in [-0.05, 0) is 43.0 Å². The van der Waals surface area contributed by atoms with Crippen LogP contribution in [0.3, 0.4) is 0 Å². The number of hydrogen-bond acceptors (Lipinski definition) is 2. The van der Waals surface area contributed by atoms with Crippen LogP contribution in [0.15, 0.2) is 12.1 Å². The summed E-state index contributed by atoms with van der Waals surface area (Å²) in [6.07, 6.45) is 0. The van der Waals surface area contributed by atoms with Crippen LogP contribution in [0.5, 0.6) is 5.75 Å². The van der Waals surface area contributed by atoms with Crippen molar-refractivity contribution in [2.24, 2.45) is 5.73 Å². The molecule has 1 rings (SSSR count). The van der Waals surface area contributed by atoms with Crippen molar-refractivity contribution in [2.45, 2.75) is 26.7 Å². The first kappa shape index (κ1) is 10.1. The molecule has 2 nitrogen and oxygen atoms in total. The fraction of sp³-hybridized carbons (Fsp3) is 0.455. The third kappa shape index (κ3) is 2.01. The average molecular weight is 179 g/mol. The summed E-state index contributed by atoms with van der Waals surface area (Å²) in [5.41, 5.74) is 8.64. The number of nitrogens with two attached hydrogens (primary N) is 1. The monoisotopic (exact) mass is 179 g/mol. The summed E-state index contributed by atoms with van der Waals surface area (Å²) in [7, 11) is 0. The number of hydrogen-bond donors (Lipinski definition) is 2. The van der Waals surface area contributed by atoms with Crippen LogP contribution in [0.2, 0.25) is 0 Å². The molecule has 0 aliphatic carbocycles. The summed E-state index contributed by atoms with van der Waals surface area (Å²) in [5, 5.41) is 9.55. The molecule has 0 radical (unpaired) electrons. The molecule has 0 saturated heterocycles. The Kier molecular flexibility index (Phi) is 2.94. The van der Waals surface area contributed by atoms with Crippen LogP contribution in [0.4, 0.5) is 0 Å². The summed E-state index contributed by atoms with van der Waals surface area (Å²) in [5.74, 6) is 0.756. The molecule has 1 aromatic rings. The Bertz CT molecular complexity index is 284. The van der Waals surface area contributed by atoms with Gasteiger partial charge in [-0.15, -0.1) is 0 Å². The fourth-order valence-electron chi connectivity index (χ4n) is 1.41. The predicted octanol–water partition coefficient (Wildman–Crippen LogP) is 2.07. The Morgan fingerprint density at radius 2 is 1.77 bits per heavy atom. The standard InChI is InChI=1S/C11H17NO/c1-7-4-10(9(3)6-12)5-8(2)11(7)13/h4-5,9,13H,6,12H2,1-3H3. The molecule has 0 spiro atoms. The minimum absolute atomic E-state index is 0.359. The molecule has 0 fully saturated rings. The summed E-state index contributed by atoms with van der Waals surface area (Å²) >= 11 is 0. The lowest BCUT2D eigenvalue weighted by Crippen LogP contribution is -2.09. The van der Waals surface area contributed by atoms with Crippen LogP contribution in [-0.4, -0.2) is 11.7 Å². The SMILES string of the molecule is Cc1cc(C(C)CN)cc(C)c1O. The van der Waals surface area contributed by atoms with Crippen molar-refractivity contribution in [1.82, 2.24) is 0 Å². The average Bonchev–Trinajstić information content (AvgIpc) is 2.12. The summed E-state index contributed by atoms with van der Waals surface area (Å²) in [6, 6.07) is 4.00. The van der Waals surface area contributed by atoms with E-state index < -0.39 is 0 Å². The molecule has 0 aliphatic rings. The molecule has 13 heavy (non-hydrogen) atoms. The minimum atomic E-state index is 0.359. The van der Waals surface area contributed by atoms with Gasteiger partial charge in [0.2, 0.25) is 0 Å². The van der Waals surface area contributed by atoms with Gasteiger partial charge in [-0.25, -0.2) is 0 Å². The van der Waals surface area contributed by atoms with Crippen LogP contribution >= 0.6 is 0 Å². The normalized spacial score (nSPS) is 12.9. The van der Waals surface area contributed by atoms with Crippen molar-refractivity contribution in [3.8, 4) is 5.75 Å². The molecule has 2 heteroatoms. The Hall–Kier alpha value is -1.02. The highest BCUT2D eigenvalue weighted by Crippen LogP contribution is 2.26. The van der Waals surface area contributed by atoms with Gasteiger partial charge in [0, 0.05) is 0 Å². The van der Waals surface area contributed by atoms with Crippen molar-refractivity contribution in [2.75, 3.05) is 6.54 Å². The summed E-state index contributed by atoms with van der Waals surface area (Å²) in [6.45, 7) is 6.55. The third-order valence-electron chi connectivity index (χ3n) is 2.44. The lowest BCUT2D eigenvalue weighted by atomic mass is 9.96. The molecule has 1 atom stereocenters. The molecular weight excluding hydrogens is 162 g/mol. The van der Waals surface area contributed by atoms with Crippen molar-refractivity contribution in [1.29, 1.82) is 0 Å². The van der Waals surface area contributed by atoms with Gasteiger partial charge in [-0.3, -0.25) is 0 Å². The van der Waals surface area contributed by atoms with Crippen LogP contribution in [0, 0.1) is 13.8 Å². The van der Waals surface area contributed by atoms with E-state index in [9.17, 15) is 5.11 Å². The molecule has 72 valence electrons. The van der Waals surface area contributed by atoms with Crippen LogP contribution in [-0.2, 0) is 0 Å². The van der Waals surface area contributed by atoms with Gasteiger partial charge in [0.05, 0.1) is 0 Å². The zero-order chi connectivity index (χ0) is 10.0. The number of rotatable bonds is 2. The molecule has 0 bridgehead atoms. The molecule has 1 unspecified atom stereocenters. The molecular formula is C11H17NO. The van der Waals surface area contributed by atoms with Gasteiger partial charge in [0.25, 0.3) is 0 Å². The second-order valence-electron chi connectivity index (χ2n) is 3.64. The van der Waals surface area contributed by atoms with E-state index in [0.717, 1.165) is 11.1 Å². The van der Waals surface area contributed by atoms with Crippen LogP contribution < -0.4 is 5.73 Å². The quantitative estimate of drug-likeness (QED) is 0.730. The first-order valence-corrected chi connectivity index (χ1v) is 4.56. The van der Waals surface area contributed by atoms with Gasteiger partial charge in [-0.2, -0.15) is 0 Å². The zero-order valence-electron chi connectivity index (χ0n) is 8.46. The molecule has 1 aromatic carbocycles. The highest BCUT2D eigenvalue weighted by atomic mass is 16.3. The molecule has 0 aromatic heterocycles. The molecule has 0 saturated carbocycles. The van der Waals surface area contributed by atoms with Crippen LogP contribution in [0.25, 0.3) is 0 Å². The van der Waals surface area contributed by atoms with E-state index in [1.807, 2.05) is 26.0 Å². The van der Waals surface area contributed by atoms with Gasteiger partial charge >= 0.3 is 0 Å². The largest absolute Gasteiger partial charge is 0.507 e. The van der Waals surface area contributed by atoms with Gasteiger partial charge in [0.15, 0.2) is 0 Å². The highest BCUT2D eigenvalue weighted by Gasteiger charge is 2.07. The smallest absolute Gasteiger partial charge is 0.121 e. The van der Waals surface area contributed by atoms with E-state index in [2.05, 4.69) is 6.92 Å². The lowest BCUT2D eigenvalue weighted by molar-refractivity contribution is 0.466. The maximum atomic E-state index is 9.55. The Labute approximate surface area is 79.4 Å². The Balaban J connectivity index is 3.13. The number of phenols is 1. The summed E-state index contributed by atoms with van der Waals surface area (Å²) in [4.78, 5) is 0. The third-order valence-corrected chi connectivity index (χ3v) is 2.44. The van der Waals surface area contributed by atoms with E-state index in [1.54, 1.807) is 0 Å². The predicted molar refractivity (Wildman–Crippen MR) is 55.1 cm³/mol. The number of phenolic OH excluding ortho intramolecular Hbond substituents is 1. The number of aromatic hydroxyl groups is 1. The van der Waals surface area contributed by atoms with E-state index in [1.165, 1.54) is 5.56 Å².